The highest BCUT2D eigenvalue weighted by atomic mass is 16.5. The maximum Gasteiger partial charge on any atom is 0.251 e. The third-order valence-electron chi connectivity index (χ3n) is 5.07. The first-order valence-corrected chi connectivity index (χ1v) is 9.94. The summed E-state index contributed by atoms with van der Waals surface area (Å²) < 4.78 is 5.65. The van der Waals surface area contributed by atoms with E-state index in [0.29, 0.717) is 30.4 Å². The molecule has 0 saturated carbocycles. The summed E-state index contributed by atoms with van der Waals surface area (Å²) in [5.41, 5.74) is 3.30. The highest BCUT2D eigenvalue weighted by molar-refractivity contribution is 5.95. The number of pyridine rings is 1. The summed E-state index contributed by atoms with van der Waals surface area (Å²) in [6, 6.07) is 18.7. The molecule has 1 aliphatic rings. The van der Waals surface area contributed by atoms with Gasteiger partial charge in [-0.05, 0) is 36.4 Å². The summed E-state index contributed by atoms with van der Waals surface area (Å²) in [5, 5.41) is 13.5. The van der Waals surface area contributed by atoms with Crippen LogP contribution in [0.5, 0.6) is 5.75 Å². The molecule has 0 aliphatic carbocycles. The van der Waals surface area contributed by atoms with Gasteiger partial charge in [-0.15, -0.1) is 0 Å². The Balaban J connectivity index is 1.23. The van der Waals surface area contributed by atoms with Crippen molar-refractivity contribution in [3.8, 4) is 17.1 Å². The number of H-pyrrole nitrogens is 1. The Hall–Kier alpha value is -4.20. The fourth-order valence-electron chi connectivity index (χ4n) is 3.49. The summed E-state index contributed by atoms with van der Waals surface area (Å²) in [7, 11) is 0. The van der Waals surface area contributed by atoms with E-state index in [0.717, 1.165) is 22.6 Å². The number of carbonyl (C=O) groups excluding carboxylic acids is 1. The smallest absolute Gasteiger partial charge is 0.251 e. The monoisotopic (exact) mass is 412 g/mol. The number of ether oxygens (including phenoxy) is 1. The van der Waals surface area contributed by atoms with Crippen molar-refractivity contribution in [3.63, 3.8) is 0 Å². The van der Waals surface area contributed by atoms with E-state index in [1.807, 2.05) is 54.6 Å². The number of amides is 1. The third-order valence-corrected chi connectivity index (χ3v) is 5.07. The van der Waals surface area contributed by atoms with E-state index in [4.69, 9.17) is 4.74 Å². The van der Waals surface area contributed by atoms with E-state index < -0.39 is 0 Å². The maximum absolute atomic E-state index is 12.8. The van der Waals surface area contributed by atoms with Gasteiger partial charge < -0.3 is 15.4 Å². The van der Waals surface area contributed by atoms with E-state index in [1.165, 1.54) is 0 Å². The standard InChI is InChI=1S/C23H20N6O2/c30-23(26-19-14-31-20-7-2-1-6-18(19)20)16-4-3-5-17(12-16)25-13-21-27-22(29-28-21)15-8-10-24-11-9-15/h1-12,19,25H,13-14H2,(H,26,30)(H,27,28,29)/t19-/m1/s1. The molecule has 0 unspecified atom stereocenters. The molecule has 2 aromatic carbocycles. The first kappa shape index (κ1) is 18.8. The van der Waals surface area contributed by atoms with Crippen LogP contribution < -0.4 is 15.4 Å². The van der Waals surface area contributed by atoms with Gasteiger partial charge in [0, 0.05) is 34.8 Å². The molecular formula is C23H20N6O2. The molecule has 1 aliphatic heterocycles. The number of aromatic nitrogens is 4. The van der Waals surface area contributed by atoms with Crippen LogP contribution in [0.15, 0.2) is 73.1 Å². The topological polar surface area (TPSA) is 105 Å². The van der Waals surface area contributed by atoms with E-state index >= 15 is 0 Å². The average molecular weight is 412 g/mol. The van der Waals surface area contributed by atoms with Gasteiger partial charge in [-0.25, -0.2) is 4.98 Å². The quantitative estimate of drug-likeness (QED) is 0.449. The number of rotatable bonds is 6. The van der Waals surface area contributed by atoms with Crippen molar-refractivity contribution in [1.29, 1.82) is 0 Å². The van der Waals surface area contributed by atoms with Crippen LogP contribution in [-0.2, 0) is 6.54 Å². The second-order valence-electron chi connectivity index (χ2n) is 7.15. The number of hydrogen-bond donors (Lipinski definition) is 3. The van der Waals surface area contributed by atoms with Crippen LogP contribution in [0.4, 0.5) is 5.69 Å². The normalized spacial score (nSPS) is 14.5. The van der Waals surface area contributed by atoms with Gasteiger partial charge in [0.1, 0.15) is 12.4 Å². The molecule has 8 nitrogen and oxygen atoms in total. The Kier molecular flexibility index (Phi) is 5.02. The van der Waals surface area contributed by atoms with Gasteiger partial charge in [-0.3, -0.25) is 14.9 Å². The van der Waals surface area contributed by atoms with Crippen molar-refractivity contribution in [2.45, 2.75) is 12.6 Å². The molecule has 3 heterocycles. The number of nitrogens with one attached hydrogen (secondary N) is 3. The number of nitrogens with zero attached hydrogens (tertiary/aromatic N) is 3. The van der Waals surface area contributed by atoms with Crippen LogP contribution in [0.25, 0.3) is 11.4 Å². The fourth-order valence-corrected chi connectivity index (χ4v) is 3.49. The Morgan fingerprint density at radius 3 is 2.87 bits per heavy atom. The van der Waals surface area contributed by atoms with Crippen LogP contribution >= 0.6 is 0 Å². The lowest BCUT2D eigenvalue weighted by Gasteiger charge is -2.12. The van der Waals surface area contributed by atoms with Crippen molar-refractivity contribution in [2.75, 3.05) is 11.9 Å². The van der Waals surface area contributed by atoms with Crippen molar-refractivity contribution in [2.24, 2.45) is 0 Å². The number of aromatic amines is 1. The van der Waals surface area contributed by atoms with E-state index in [-0.39, 0.29) is 11.9 Å². The van der Waals surface area contributed by atoms with Gasteiger partial charge in [0.25, 0.3) is 5.91 Å². The van der Waals surface area contributed by atoms with E-state index in [1.54, 1.807) is 18.5 Å². The molecule has 4 aromatic rings. The number of anilines is 1. The van der Waals surface area contributed by atoms with Gasteiger partial charge in [0.05, 0.1) is 12.6 Å². The summed E-state index contributed by atoms with van der Waals surface area (Å²) >= 11 is 0. The van der Waals surface area contributed by atoms with Gasteiger partial charge in [0.15, 0.2) is 11.6 Å². The summed E-state index contributed by atoms with van der Waals surface area (Å²) in [6.45, 7) is 0.865. The molecule has 0 bridgehead atoms. The molecule has 1 amide bonds. The number of benzene rings is 2. The minimum atomic E-state index is -0.153. The summed E-state index contributed by atoms with van der Waals surface area (Å²) in [4.78, 5) is 21.3. The lowest BCUT2D eigenvalue weighted by Crippen LogP contribution is -2.29. The highest BCUT2D eigenvalue weighted by Crippen LogP contribution is 2.31. The number of carbonyl (C=O) groups is 1. The number of para-hydroxylation sites is 1. The first-order chi connectivity index (χ1) is 15.3. The zero-order valence-electron chi connectivity index (χ0n) is 16.6. The molecule has 0 radical (unpaired) electrons. The zero-order chi connectivity index (χ0) is 21.0. The predicted octanol–water partition coefficient (Wildman–Crippen LogP) is 3.34. The van der Waals surface area contributed by atoms with Crippen molar-refractivity contribution < 1.29 is 9.53 Å². The second kappa shape index (κ2) is 8.27. The molecule has 2 aromatic heterocycles. The van der Waals surface area contributed by atoms with Crippen LogP contribution in [0.2, 0.25) is 0 Å². The molecule has 31 heavy (non-hydrogen) atoms. The Morgan fingerprint density at radius 2 is 1.97 bits per heavy atom. The zero-order valence-corrected chi connectivity index (χ0v) is 16.6. The fraction of sp³-hybridized carbons (Fsp3) is 0.130. The van der Waals surface area contributed by atoms with Gasteiger partial charge in [-0.1, -0.05) is 24.3 Å². The molecule has 0 spiro atoms. The minimum absolute atomic E-state index is 0.146. The molecule has 8 heteroatoms. The highest BCUT2D eigenvalue weighted by Gasteiger charge is 2.25. The first-order valence-electron chi connectivity index (χ1n) is 9.94. The maximum atomic E-state index is 12.8. The van der Waals surface area contributed by atoms with Crippen molar-refractivity contribution in [3.05, 3.63) is 90.0 Å². The predicted molar refractivity (Wildman–Crippen MR) is 116 cm³/mol. The molecule has 1 atom stereocenters. The van der Waals surface area contributed by atoms with Gasteiger partial charge in [0.2, 0.25) is 0 Å². The second-order valence-corrected chi connectivity index (χ2v) is 7.15. The van der Waals surface area contributed by atoms with Crippen LogP contribution in [0, 0.1) is 0 Å². The Labute approximate surface area is 178 Å². The van der Waals surface area contributed by atoms with Crippen molar-refractivity contribution in [1.82, 2.24) is 25.5 Å². The molecule has 3 N–H and O–H groups in total. The average Bonchev–Trinajstić information content (AvgIpc) is 3.46. The molecule has 0 saturated heterocycles. The number of hydrogen-bond acceptors (Lipinski definition) is 6. The van der Waals surface area contributed by atoms with E-state index in [2.05, 4.69) is 30.8 Å². The van der Waals surface area contributed by atoms with Crippen molar-refractivity contribution >= 4 is 11.6 Å². The van der Waals surface area contributed by atoms with Gasteiger partial charge >= 0.3 is 0 Å². The van der Waals surface area contributed by atoms with Crippen LogP contribution in [0.1, 0.15) is 27.8 Å². The van der Waals surface area contributed by atoms with E-state index in [9.17, 15) is 4.79 Å². The summed E-state index contributed by atoms with van der Waals surface area (Å²) in [5.74, 6) is 1.99. The third kappa shape index (κ3) is 4.09. The lowest BCUT2D eigenvalue weighted by atomic mass is 10.1. The summed E-state index contributed by atoms with van der Waals surface area (Å²) in [6.07, 6.45) is 3.42. The molecule has 0 fully saturated rings. The number of fused-ring (bicyclic) bond motifs is 1. The molecule has 5 rings (SSSR count). The Morgan fingerprint density at radius 1 is 1.10 bits per heavy atom. The lowest BCUT2D eigenvalue weighted by molar-refractivity contribution is 0.0930. The molecular weight excluding hydrogens is 392 g/mol. The molecule has 154 valence electrons. The SMILES string of the molecule is O=C(N[C@@H]1COc2ccccc21)c1cccc(NCc2n[nH]c(-c3ccncc3)n2)c1. The Bertz CT molecular complexity index is 1210. The minimum Gasteiger partial charge on any atom is -0.491 e. The van der Waals surface area contributed by atoms with Gasteiger partial charge in [-0.2, -0.15) is 5.10 Å². The van der Waals surface area contributed by atoms with Crippen LogP contribution in [-0.4, -0.2) is 32.7 Å². The largest absolute Gasteiger partial charge is 0.491 e. The van der Waals surface area contributed by atoms with Crippen LogP contribution in [0.3, 0.4) is 0 Å².